The highest BCUT2D eigenvalue weighted by atomic mass is 16.2. The number of carbonyl (C=O) groups excluding carboxylic acids is 2. The zero-order valence-electron chi connectivity index (χ0n) is 15.8. The topological polar surface area (TPSA) is 88.9 Å². The van der Waals surface area contributed by atoms with E-state index in [9.17, 15) is 9.59 Å². The molecular weight excluding hydrogens is 342 g/mol. The van der Waals surface area contributed by atoms with Crippen molar-refractivity contribution < 1.29 is 9.59 Å². The smallest absolute Gasteiger partial charge is 0.287 e. The number of carbonyl (C=O) groups is 2. The number of amides is 2. The fourth-order valence-electron chi connectivity index (χ4n) is 3.31. The average molecular weight is 369 g/mol. The molecule has 2 aromatic heterocycles. The number of fused-ring (bicyclic) bond motifs is 1. The number of hydrogen-bond acceptors (Lipinski definition) is 4. The van der Waals surface area contributed by atoms with Crippen LogP contribution in [0.15, 0.2) is 24.4 Å². The van der Waals surface area contributed by atoms with Crippen molar-refractivity contribution in [2.24, 2.45) is 0 Å². The third kappa shape index (κ3) is 4.72. The number of imidazole rings is 1. The molecule has 0 unspecified atom stereocenters. The molecule has 1 aliphatic heterocycles. The number of hydrogen-bond donors (Lipinski definition) is 2. The van der Waals surface area contributed by atoms with E-state index in [1.807, 2.05) is 22.8 Å². The van der Waals surface area contributed by atoms with Crippen LogP contribution in [0, 0.1) is 0 Å². The minimum absolute atomic E-state index is 0.180. The van der Waals surface area contributed by atoms with E-state index >= 15 is 0 Å². The first kappa shape index (κ1) is 19.1. The van der Waals surface area contributed by atoms with Gasteiger partial charge < -0.3 is 15.2 Å². The Labute approximate surface area is 159 Å². The van der Waals surface area contributed by atoms with Gasteiger partial charge in [-0.3, -0.25) is 14.6 Å². The second kappa shape index (κ2) is 9.30. The maximum Gasteiger partial charge on any atom is 0.287 e. The molecule has 0 radical (unpaired) electrons. The third-order valence-electron chi connectivity index (χ3n) is 4.76. The van der Waals surface area contributed by atoms with Crippen LogP contribution in [0.2, 0.25) is 0 Å². The Balaban J connectivity index is 1.72. The summed E-state index contributed by atoms with van der Waals surface area (Å²) in [5.41, 5.74) is 2.05. The fourth-order valence-corrected chi connectivity index (χ4v) is 3.31. The van der Waals surface area contributed by atoms with Crippen LogP contribution in [-0.2, 0) is 19.5 Å². The minimum Gasteiger partial charge on any atom is -0.351 e. The summed E-state index contributed by atoms with van der Waals surface area (Å²) in [6.45, 7) is 3.82. The van der Waals surface area contributed by atoms with E-state index in [0.29, 0.717) is 24.6 Å². The molecule has 0 aromatic carbocycles. The summed E-state index contributed by atoms with van der Waals surface area (Å²) in [5, 5.41) is 5.80. The maximum atomic E-state index is 12.7. The van der Waals surface area contributed by atoms with Gasteiger partial charge in [-0.1, -0.05) is 25.8 Å². The van der Waals surface area contributed by atoms with E-state index in [2.05, 4.69) is 27.5 Å². The van der Waals surface area contributed by atoms with Gasteiger partial charge in [-0.05, 0) is 37.8 Å². The zero-order valence-corrected chi connectivity index (χ0v) is 15.8. The van der Waals surface area contributed by atoms with Gasteiger partial charge in [0.05, 0.1) is 17.9 Å². The van der Waals surface area contributed by atoms with Crippen molar-refractivity contribution in [3.05, 3.63) is 47.3 Å². The van der Waals surface area contributed by atoms with Crippen LogP contribution in [0.4, 0.5) is 0 Å². The van der Waals surface area contributed by atoms with E-state index in [1.54, 1.807) is 6.20 Å². The van der Waals surface area contributed by atoms with Gasteiger partial charge >= 0.3 is 0 Å². The van der Waals surface area contributed by atoms with Crippen LogP contribution in [0.1, 0.15) is 71.5 Å². The van der Waals surface area contributed by atoms with E-state index < -0.39 is 0 Å². The lowest BCUT2D eigenvalue weighted by molar-refractivity contribution is 0.0934. The Bertz CT molecular complexity index is 785. The fraction of sp³-hybridized carbons (Fsp3) is 0.500. The molecule has 2 aromatic rings. The molecule has 0 atom stereocenters. The molecule has 7 nitrogen and oxygen atoms in total. The Morgan fingerprint density at radius 1 is 1.15 bits per heavy atom. The van der Waals surface area contributed by atoms with Gasteiger partial charge in [0.25, 0.3) is 11.8 Å². The van der Waals surface area contributed by atoms with Gasteiger partial charge in [0, 0.05) is 19.3 Å². The summed E-state index contributed by atoms with van der Waals surface area (Å²) < 4.78 is 1.90. The molecule has 3 heterocycles. The molecule has 7 heteroatoms. The highest BCUT2D eigenvalue weighted by Crippen LogP contribution is 2.21. The van der Waals surface area contributed by atoms with Gasteiger partial charge in [0.1, 0.15) is 5.69 Å². The van der Waals surface area contributed by atoms with Crippen LogP contribution in [0.3, 0.4) is 0 Å². The van der Waals surface area contributed by atoms with E-state index in [1.165, 1.54) is 0 Å². The summed E-state index contributed by atoms with van der Waals surface area (Å²) in [6.07, 6.45) is 7.62. The predicted molar refractivity (Wildman–Crippen MR) is 102 cm³/mol. The third-order valence-corrected chi connectivity index (χ3v) is 4.76. The molecule has 0 saturated heterocycles. The van der Waals surface area contributed by atoms with Crippen LogP contribution in [0.5, 0.6) is 0 Å². The highest BCUT2D eigenvalue weighted by molar-refractivity contribution is 5.97. The molecule has 0 saturated carbocycles. The van der Waals surface area contributed by atoms with Gasteiger partial charge in [-0.15, -0.1) is 0 Å². The number of rotatable bonds is 8. The maximum absolute atomic E-state index is 12.7. The number of nitrogens with one attached hydrogen (secondary N) is 2. The first-order chi connectivity index (χ1) is 13.2. The van der Waals surface area contributed by atoms with Crippen molar-refractivity contribution >= 4 is 11.8 Å². The molecule has 2 amide bonds. The molecule has 0 spiro atoms. The monoisotopic (exact) mass is 369 g/mol. The first-order valence-electron chi connectivity index (χ1n) is 9.76. The summed E-state index contributed by atoms with van der Waals surface area (Å²) in [4.78, 5) is 33.9. The highest BCUT2D eigenvalue weighted by Gasteiger charge is 2.27. The van der Waals surface area contributed by atoms with Gasteiger partial charge in [-0.25, -0.2) is 4.98 Å². The number of unbranched alkanes of at least 4 members (excludes halogenated alkanes) is 2. The summed E-state index contributed by atoms with van der Waals surface area (Å²) >= 11 is 0. The van der Waals surface area contributed by atoms with Crippen LogP contribution < -0.4 is 10.6 Å². The lowest BCUT2D eigenvalue weighted by Crippen LogP contribution is -2.27. The number of nitrogens with zero attached hydrogens (tertiary/aromatic N) is 3. The zero-order chi connectivity index (χ0) is 19.1. The second-order valence-electron chi connectivity index (χ2n) is 6.81. The lowest BCUT2D eigenvalue weighted by Gasteiger charge is -2.17. The lowest BCUT2D eigenvalue weighted by atomic mass is 10.1. The molecule has 0 aliphatic carbocycles. The Morgan fingerprint density at radius 3 is 2.81 bits per heavy atom. The van der Waals surface area contributed by atoms with Crippen molar-refractivity contribution in [3.8, 4) is 0 Å². The molecule has 144 valence electrons. The standard InChI is InChI=1S/C20H27N5O2/c1-2-3-6-12-22-19(26)17-16-10-5-8-13-25(16)18(24-17)20(27)23-14-15-9-4-7-11-21-15/h4,7,9,11H,2-3,5-6,8,10,12-14H2,1H3,(H,22,26)(H,23,27). The number of aromatic nitrogens is 3. The Morgan fingerprint density at radius 2 is 2.04 bits per heavy atom. The van der Waals surface area contributed by atoms with Gasteiger partial charge in [-0.2, -0.15) is 0 Å². The van der Waals surface area contributed by atoms with Crippen molar-refractivity contribution in [2.75, 3.05) is 6.54 Å². The first-order valence-corrected chi connectivity index (χ1v) is 9.76. The molecule has 3 rings (SSSR count). The Kier molecular flexibility index (Phi) is 6.57. The SMILES string of the molecule is CCCCCNC(=O)c1nc(C(=O)NCc2ccccn2)n2c1CCCC2. The quantitative estimate of drug-likeness (QED) is 0.700. The molecule has 27 heavy (non-hydrogen) atoms. The van der Waals surface area contributed by atoms with Crippen molar-refractivity contribution in [1.82, 2.24) is 25.2 Å². The molecule has 2 N–H and O–H groups in total. The van der Waals surface area contributed by atoms with E-state index in [4.69, 9.17) is 0 Å². The second-order valence-corrected chi connectivity index (χ2v) is 6.81. The van der Waals surface area contributed by atoms with Gasteiger partial charge in [0.2, 0.25) is 0 Å². The molecular formula is C20H27N5O2. The molecule has 1 aliphatic rings. The van der Waals surface area contributed by atoms with Crippen LogP contribution >= 0.6 is 0 Å². The predicted octanol–water partition coefficient (Wildman–Crippen LogP) is 2.46. The summed E-state index contributed by atoms with van der Waals surface area (Å²) in [5.74, 6) is -0.131. The van der Waals surface area contributed by atoms with Crippen LogP contribution in [0.25, 0.3) is 0 Å². The van der Waals surface area contributed by atoms with Crippen molar-refractivity contribution in [3.63, 3.8) is 0 Å². The van der Waals surface area contributed by atoms with E-state index in [0.717, 1.165) is 56.5 Å². The van der Waals surface area contributed by atoms with Crippen molar-refractivity contribution in [2.45, 2.75) is 58.5 Å². The van der Waals surface area contributed by atoms with Gasteiger partial charge in [0.15, 0.2) is 5.82 Å². The number of pyridine rings is 1. The normalized spacial score (nSPS) is 13.1. The Hall–Kier alpha value is -2.70. The largest absolute Gasteiger partial charge is 0.351 e. The summed E-state index contributed by atoms with van der Waals surface area (Å²) in [6, 6.07) is 5.57. The van der Waals surface area contributed by atoms with E-state index in [-0.39, 0.29) is 11.8 Å². The average Bonchev–Trinajstić information content (AvgIpc) is 3.10. The summed E-state index contributed by atoms with van der Waals surface area (Å²) in [7, 11) is 0. The molecule has 0 bridgehead atoms. The van der Waals surface area contributed by atoms with Crippen molar-refractivity contribution in [1.29, 1.82) is 0 Å². The minimum atomic E-state index is -0.270. The molecule has 0 fully saturated rings. The van der Waals surface area contributed by atoms with Crippen LogP contribution in [-0.4, -0.2) is 32.9 Å².